The van der Waals surface area contributed by atoms with Crippen LogP contribution >= 0.6 is 11.6 Å². The Morgan fingerprint density at radius 1 is 1.05 bits per heavy atom. The first-order valence-electron chi connectivity index (χ1n) is 7.25. The third-order valence-electron chi connectivity index (χ3n) is 3.64. The third kappa shape index (κ3) is 4.48. The number of aryl methyl sites for hydroxylation is 2. The molecule has 1 unspecified atom stereocenters. The molecule has 1 atom stereocenters. The molecular weight excluding hydrogens is 282 g/mol. The summed E-state index contributed by atoms with van der Waals surface area (Å²) < 4.78 is 5.81. The van der Waals surface area contributed by atoms with Crippen LogP contribution in [-0.4, -0.2) is 13.2 Å². The SMILES string of the molecule is Cc1ccc(C(CN)CCOc2cc(C)ccc2Cl)cc1. The van der Waals surface area contributed by atoms with Gasteiger partial charge in [-0.1, -0.05) is 47.5 Å². The fraction of sp³-hybridized carbons (Fsp3) is 0.333. The van der Waals surface area contributed by atoms with Crippen LogP contribution in [-0.2, 0) is 0 Å². The van der Waals surface area contributed by atoms with Crippen LogP contribution in [0.15, 0.2) is 42.5 Å². The van der Waals surface area contributed by atoms with Crippen molar-refractivity contribution in [2.45, 2.75) is 26.2 Å². The van der Waals surface area contributed by atoms with Crippen molar-refractivity contribution in [3.63, 3.8) is 0 Å². The van der Waals surface area contributed by atoms with Crippen molar-refractivity contribution >= 4 is 11.6 Å². The summed E-state index contributed by atoms with van der Waals surface area (Å²) in [6.45, 7) is 5.34. The van der Waals surface area contributed by atoms with Crippen LogP contribution in [0.4, 0.5) is 0 Å². The van der Waals surface area contributed by atoms with E-state index in [0.717, 1.165) is 17.7 Å². The Bertz CT molecular complexity index is 580. The van der Waals surface area contributed by atoms with Crippen molar-refractivity contribution in [2.75, 3.05) is 13.2 Å². The summed E-state index contributed by atoms with van der Waals surface area (Å²) in [7, 11) is 0. The van der Waals surface area contributed by atoms with E-state index in [2.05, 4.69) is 31.2 Å². The minimum Gasteiger partial charge on any atom is -0.492 e. The van der Waals surface area contributed by atoms with Gasteiger partial charge < -0.3 is 10.5 Å². The number of hydrogen-bond acceptors (Lipinski definition) is 2. The number of benzene rings is 2. The molecule has 0 saturated heterocycles. The van der Waals surface area contributed by atoms with Crippen LogP contribution in [0.5, 0.6) is 5.75 Å². The van der Waals surface area contributed by atoms with Gasteiger partial charge >= 0.3 is 0 Å². The quantitative estimate of drug-likeness (QED) is 0.854. The maximum absolute atomic E-state index is 6.13. The van der Waals surface area contributed by atoms with Crippen molar-refractivity contribution in [1.82, 2.24) is 0 Å². The summed E-state index contributed by atoms with van der Waals surface area (Å²) in [6.07, 6.45) is 0.879. The minimum absolute atomic E-state index is 0.314. The van der Waals surface area contributed by atoms with Gasteiger partial charge in [0.25, 0.3) is 0 Å². The standard InChI is InChI=1S/C18H22ClNO/c1-13-3-6-15(7-4-13)16(12-20)9-10-21-18-11-14(2)5-8-17(18)19/h3-8,11,16H,9-10,12,20H2,1-2H3. The van der Waals surface area contributed by atoms with Crippen LogP contribution in [0.2, 0.25) is 5.02 Å². The summed E-state index contributed by atoms with van der Waals surface area (Å²) >= 11 is 6.13. The molecule has 0 amide bonds. The van der Waals surface area contributed by atoms with E-state index in [1.807, 2.05) is 25.1 Å². The molecule has 0 spiro atoms. The van der Waals surface area contributed by atoms with Gasteiger partial charge in [-0.3, -0.25) is 0 Å². The smallest absolute Gasteiger partial charge is 0.138 e. The molecule has 0 aliphatic rings. The number of nitrogens with two attached hydrogens (primary N) is 1. The molecule has 2 rings (SSSR count). The molecule has 0 fully saturated rings. The lowest BCUT2D eigenvalue weighted by molar-refractivity contribution is 0.298. The molecule has 0 aliphatic heterocycles. The van der Waals surface area contributed by atoms with E-state index in [0.29, 0.717) is 24.1 Å². The first-order chi connectivity index (χ1) is 10.1. The van der Waals surface area contributed by atoms with Gasteiger partial charge in [0.15, 0.2) is 0 Å². The lowest BCUT2D eigenvalue weighted by atomic mass is 9.95. The molecule has 0 aliphatic carbocycles. The van der Waals surface area contributed by atoms with E-state index in [9.17, 15) is 0 Å². The van der Waals surface area contributed by atoms with Crippen LogP contribution in [0.1, 0.15) is 29.0 Å². The number of rotatable bonds is 6. The zero-order valence-electron chi connectivity index (χ0n) is 12.6. The molecule has 2 aromatic rings. The Morgan fingerprint density at radius 2 is 1.71 bits per heavy atom. The molecule has 3 heteroatoms. The second kappa shape index (κ2) is 7.48. The van der Waals surface area contributed by atoms with Crippen LogP contribution in [0.25, 0.3) is 0 Å². The van der Waals surface area contributed by atoms with Crippen molar-refractivity contribution in [3.05, 3.63) is 64.2 Å². The molecule has 0 heterocycles. The highest BCUT2D eigenvalue weighted by atomic mass is 35.5. The average molecular weight is 304 g/mol. The Kier molecular flexibility index (Phi) is 5.66. The fourth-order valence-electron chi connectivity index (χ4n) is 2.29. The molecule has 0 aromatic heterocycles. The van der Waals surface area contributed by atoms with E-state index in [1.54, 1.807) is 0 Å². The Morgan fingerprint density at radius 3 is 2.38 bits per heavy atom. The van der Waals surface area contributed by atoms with Crippen molar-refractivity contribution in [2.24, 2.45) is 5.73 Å². The number of halogens is 1. The van der Waals surface area contributed by atoms with Gasteiger partial charge in [-0.2, -0.15) is 0 Å². The molecule has 112 valence electrons. The Balaban J connectivity index is 1.94. The molecule has 21 heavy (non-hydrogen) atoms. The molecule has 2 N–H and O–H groups in total. The summed E-state index contributed by atoms with van der Waals surface area (Å²) in [4.78, 5) is 0. The minimum atomic E-state index is 0.314. The van der Waals surface area contributed by atoms with Gasteiger partial charge in [0.05, 0.1) is 11.6 Å². The van der Waals surface area contributed by atoms with Gasteiger partial charge in [0, 0.05) is 0 Å². The number of ether oxygens (including phenoxy) is 1. The molecule has 0 saturated carbocycles. The van der Waals surface area contributed by atoms with Crippen LogP contribution < -0.4 is 10.5 Å². The van der Waals surface area contributed by atoms with Gasteiger partial charge in [-0.05, 0) is 56.0 Å². The average Bonchev–Trinajstić information content (AvgIpc) is 2.48. The molecule has 0 radical (unpaired) electrons. The second-order valence-corrected chi connectivity index (χ2v) is 5.82. The summed E-state index contributed by atoms with van der Waals surface area (Å²) in [5.74, 6) is 1.06. The first-order valence-corrected chi connectivity index (χ1v) is 7.63. The zero-order valence-corrected chi connectivity index (χ0v) is 13.4. The van der Waals surface area contributed by atoms with Gasteiger partial charge in [0.2, 0.25) is 0 Å². The van der Waals surface area contributed by atoms with Crippen molar-refractivity contribution in [3.8, 4) is 5.75 Å². The van der Waals surface area contributed by atoms with Gasteiger partial charge in [0.1, 0.15) is 5.75 Å². The maximum atomic E-state index is 6.13. The van der Waals surface area contributed by atoms with Crippen molar-refractivity contribution < 1.29 is 4.74 Å². The summed E-state index contributed by atoms with van der Waals surface area (Å²) in [5, 5.41) is 0.653. The monoisotopic (exact) mass is 303 g/mol. The highest BCUT2D eigenvalue weighted by Crippen LogP contribution is 2.26. The van der Waals surface area contributed by atoms with E-state index in [1.165, 1.54) is 11.1 Å². The second-order valence-electron chi connectivity index (χ2n) is 5.41. The first kappa shape index (κ1) is 15.9. The summed E-state index contributed by atoms with van der Waals surface area (Å²) in [6, 6.07) is 14.3. The van der Waals surface area contributed by atoms with E-state index >= 15 is 0 Å². The largest absolute Gasteiger partial charge is 0.492 e. The van der Waals surface area contributed by atoms with E-state index in [4.69, 9.17) is 22.1 Å². The highest BCUT2D eigenvalue weighted by molar-refractivity contribution is 6.32. The molecule has 0 bridgehead atoms. The third-order valence-corrected chi connectivity index (χ3v) is 3.96. The highest BCUT2D eigenvalue weighted by Gasteiger charge is 2.10. The topological polar surface area (TPSA) is 35.2 Å². The van der Waals surface area contributed by atoms with Gasteiger partial charge in [-0.15, -0.1) is 0 Å². The van der Waals surface area contributed by atoms with Crippen LogP contribution in [0, 0.1) is 13.8 Å². The van der Waals surface area contributed by atoms with E-state index < -0.39 is 0 Å². The zero-order chi connectivity index (χ0) is 15.2. The molecule has 2 nitrogen and oxygen atoms in total. The van der Waals surface area contributed by atoms with Gasteiger partial charge in [-0.25, -0.2) is 0 Å². The predicted molar refractivity (Wildman–Crippen MR) is 89.3 cm³/mol. The van der Waals surface area contributed by atoms with E-state index in [-0.39, 0.29) is 0 Å². The van der Waals surface area contributed by atoms with Crippen molar-refractivity contribution in [1.29, 1.82) is 0 Å². The molecular formula is C18H22ClNO. The number of hydrogen-bond donors (Lipinski definition) is 1. The summed E-state index contributed by atoms with van der Waals surface area (Å²) in [5.41, 5.74) is 9.56. The Labute approximate surface area is 131 Å². The lowest BCUT2D eigenvalue weighted by Crippen LogP contribution is -2.15. The fourth-order valence-corrected chi connectivity index (χ4v) is 2.46. The molecule has 2 aromatic carbocycles. The normalized spacial score (nSPS) is 12.2. The Hall–Kier alpha value is -1.51. The predicted octanol–water partition coefficient (Wildman–Crippen LogP) is 4.47. The van der Waals surface area contributed by atoms with Crippen LogP contribution in [0.3, 0.4) is 0 Å². The maximum Gasteiger partial charge on any atom is 0.138 e. The lowest BCUT2D eigenvalue weighted by Gasteiger charge is -2.16.